The summed E-state index contributed by atoms with van der Waals surface area (Å²) >= 11 is 0. The Morgan fingerprint density at radius 2 is 1.84 bits per heavy atom. The van der Waals surface area contributed by atoms with E-state index >= 15 is 0 Å². The number of imide groups is 1. The molecule has 1 fully saturated rings. The van der Waals surface area contributed by atoms with Crippen LogP contribution in [0.2, 0.25) is 0 Å². The van der Waals surface area contributed by atoms with Gasteiger partial charge in [0.2, 0.25) is 0 Å². The highest BCUT2D eigenvalue weighted by atomic mass is 19.1. The first kappa shape index (κ1) is 20.8. The summed E-state index contributed by atoms with van der Waals surface area (Å²) in [5, 5.41) is 6.39. The molecule has 1 unspecified atom stereocenters. The maximum Gasteiger partial charge on any atom is 0.261 e. The number of nitrogens with zero attached hydrogens (tertiary/aromatic N) is 3. The largest absolute Gasteiger partial charge is 0.367 e. The van der Waals surface area contributed by atoms with Crippen molar-refractivity contribution in [3.63, 3.8) is 0 Å². The van der Waals surface area contributed by atoms with Crippen LogP contribution in [0.3, 0.4) is 0 Å². The maximum absolute atomic E-state index is 14.0. The van der Waals surface area contributed by atoms with Crippen LogP contribution in [0.25, 0.3) is 0 Å². The number of rotatable bonds is 5. The van der Waals surface area contributed by atoms with E-state index in [0.29, 0.717) is 42.4 Å². The lowest BCUT2D eigenvalue weighted by molar-refractivity contribution is 0.0657. The fraction of sp³-hybridized carbons (Fsp3) is 0.318. The van der Waals surface area contributed by atoms with E-state index in [4.69, 9.17) is 0 Å². The van der Waals surface area contributed by atoms with Crippen molar-refractivity contribution in [3.05, 3.63) is 65.2 Å². The molecule has 2 aromatic carbocycles. The minimum absolute atomic E-state index is 0.0231. The van der Waals surface area contributed by atoms with Crippen LogP contribution >= 0.6 is 0 Å². The molecule has 2 amide bonds. The van der Waals surface area contributed by atoms with Gasteiger partial charge in [0.15, 0.2) is 5.96 Å². The average molecular weight is 427 g/mol. The van der Waals surface area contributed by atoms with Gasteiger partial charge in [0, 0.05) is 45.3 Å². The quantitative estimate of drug-likeness (QED) is 0.434. The number of hydrogen-bond donors (Lipinski definition) is 2. The molecule has 0 radical (unpaired) electrons. The molecule has 1 saturated heterocycles. The number of anilines is 1. The summed E-state index contributed by atoms with van der Waals surface area (Å²) in [6, 6.07) is 10.4. The highest BCUT2D eigenvalue weighted by Gasteiger charge is 2.34. The van der Waals surface area contributed by atoms with Crippen LogP contribution in [0.15, 0.2) is 47.5 Å². The lowest BCUT2D eigenvalue weighted by Gasteiger charge is -2.21. The van der Waals surface area contributed by atoms with E-state index in [-0.39, 0.29) is 24.4 Å². The number of fused-ring (bicyclic) bond motifs is 1. The Morgan fingerprint density at radius 1 is 1.13 bits per heavy atom. The number of hydrogen-bond acceptors (Lipinski definition) is 4. The summed E-state index contributed by atoms with van der Waals surface area (Å²) < 4.78 is 27.2. The van der Waals surface area contributed by atoms with Crippen molar-refractivity contribution in [1.29, 1.82) is 0 Å². The number of benzene rings is 2. The molecule has 0 aromatic heterocycles. The van der Waals surface area contributed by atoms with Gasteiger partial charge in [-0.2, -0.15) is 0 Å². The average Bonchev–Trinajstić information content (AvgIpc) is 3.31. The minimum Gasteiger partial charge on any atom is -0.367 e. The van der Waals surface area contributed by atoms with Gasteiger partial charge in [-0.05, 0) is 30.7 Å². The first-order valence-electron chi connectivity index (χ1n) is 10.1. The van der Waals surface area contributed by atoms with Gasteiger partial charge < -0.3 is 15.5 Å². The summed E-state index contributed by atoms with van der Waals surface area (Å²) in [5.41, 5.74) is 1.22. The van der Waals surface area contributed by atoms with E-state index in [2.05, 4.69) is 15.6 Å². The number of guanidine groups is 1. The minimum atomic E-state index is -0.599. The van der Waals surface area contributed by atoms with Gasteiger partial charge in [0.05, 0.1) is 16.8 Å². The van der Waals surface area contributed by atoms with Crippen LogP contribution in [0, 0.1) is 11.6 Å². The number of carbonyl (C=O) groups is 2. The SMILES string of the molecule is CN=C(NCCN1C(=O)c2ccccc2C1=O)NC1CCN(c2ccc(F)cc2F)C1. The predicted octanol–water partition coefficient (Wildman–Crippen LogP) is 2.00. The first-order chi connectivity index (χ1) is 15.0. The molecule has 2 N–H and O–H groups in total. The van der Waals surface area contributed by atoms with Crippen LogP contribution in [-0.4, -0.2) is 61.9 Å². The van der Waals surface area contributed by atoms with E-state index < -0.39 is 11.6 Å². The van der Waals surface area contributed by atoms with Crippen molar-refractivity contribution >= 4 is 23.5 Å². The van der Waals surface area contributed by atoms with Gasteiger partial charge >= 0.3 is 0 Å². The predicted molar refractivity (Wildman–Crippen MR) is 113 cm³/mol. The summed E-state index contributed by atoms with van der Waals surface area (Å²) in [7, 11) is 1.63. The summed E-state index contributed by atoms with van der Waals surface area (Å²) in [6.45, 7) is 1.73. The third-order valence-corrected chi connectivity index (χ3v) is 5.51. The number of aliphatic imine (C=N–C) groups is 1. The van der Waals surface area contributed by atoms with Gasteiger partial charge in [-0.1, -0.05) is 12.1 Å². The fourth-order valence-electron chi connectivity index (χ4n) is 3.95. The second kappa shape index (κ2) is 8.71. The third kappa shape index (κ3) is 4.21. The Balaban J connectivity index is 1.28. The van der Waals surface area contributed by atoms with E-state index in [1.54, 1.807) is 31.3 Å². The molecule has 7 nitrogen and oxygen atoms in total. The molecule has 0 bridgehead atoms. The smallest absolute Gasteiger partial charge is 0.261 e. The molecule has 31 heavy (non-hydrogen) atoms. The number of halogens is 2. The van der Waals surface area contributed by atoms with Crippen LogP contribution in [-0.2, 0) is 0 Å². The van der Waals surface area contributed by atoms with Gasteiger partial charge in [0.25, 0.3) is 11.8 Å². The topological polar surface area (TPSA) is 77.0 Å². The molecule has 4 rings (SSSR count). The molecular formula is C22H23F2N5O2. The second-order valence-corrected chi connectivity index (χ2v) is 7.48. The summed E-state index contributed by atoms with van der Waals surface area (Å²) in [5.74, 6) is -1.24. The lowest BCUT2D eigenvalue weighted by atomic mass is 10.1. The first-order valence-corrected chi connectivity index (χ1v) is 10.1. The van der Waals surface area contributed by atoms with E-state index in [1.807, 2.05) is 4.90 Å². The summed E-state index contributed by atoms with van der Waals surface area (Å²) in [4.78, 5) is 32.1. The number of nitrogens with one attached hydrogen (secondary N) is 2. The molecule has 2 aliphatic heterocycles. The van der Waals surface area contributed by atoms with Gasteiger partial charge in [-0.3, -0.25) is 19.5 Å². The molecule has 0 saturated carbocycles. The molecule has 0 aliphatic carbocycles. The van der Waals surface area contributed by atoms with Crippen molar-refractivity contribution < 1.29 is 18.4 Å². The van der Waals surface area contributed by atoms with Crippen LogP contribution < -0.4 is 15.5 Å². The van der Waals surface area contributed by atoms with E-state index in [0.717, 1.165) is 12.5 Å². The highest BCUT2D eigenvalue weighted by molar-refractivity contribution is 6.21. The van der Waals surface area contributed by atoms with Crippen molar-refractivity contribution in [2.45, 2.75) is 12.5 Å². The van der Waals surface area contributed by atoms with Crippen molar-refractivity contribution in [1.82, 2.24) is 15.5 Å². The summed E-state index contributed by atoms with van der Waals surface area (Å²) in [6.07, 6.45) is 0.760. The second-order valence-electron chi connectivity index (χ2n) is 7.48. The van der Waals surface area contributed by atoms with Crippen molar-refractivity contribution in [3.8, 4) is 0 Å². The van der Waals surface area contributed by atoms with Gasteiger partial charge in [-0.15, -0.1) is 0 Å². The van der Waals surface area contributed by atoms with Crippen LogP contribution in [0.5, 0.6) is 0 Å². The molecule has 1 atom stereocenters. The molecule has 2 heterocycles. The zero-order valence-electron chi connectivity index (χ0n) is 17.1. The molecule has 0 spiro atoms. The van der Waals surface area contributed by atoms with Gasteiger partial charge in [-0.25, -0.2) is 8.78 Å². The Bertz CT molecular complexity index is 1010. The van der Waals surface area contributed by atoms with E-state index in [9.17, 15) is 18.4 Å². The van der Waals surface area contributed by atoms with Crippen molar-refractivity contribution in [2.75, 3.05) is 38.1 Å². The molecule has 162 valence electrons. The number of carbonyl (C=O) groups excluding carboxylic acids is 2. The normalized spacial score (nSPS) is 18.5. The Morgan fingerprint density at radius 3 is 2.48 bits per heavy atom. The number of amides is 2. The van der Waals surface area contributed by atoms with Crippen LogP contribution in [0.1, 0.15) is 27.1 Å². The van der Waals surface area contributed by atoms with Gasteiger partial charge in [0.1, 0.15) is 11.6 Å². The molecule has 2 aliphatic rings. The monoisotopic (exact) mass is 427 g/mol. The van der Waals surface area contributed by atoms with Crippen molar-refractivity contribution in [2.24, 2.45) is 4.99 Å². The zero-order chi connectivity index (χ0) is 22.0. The molecule has 2 aromatic rings. The third-order valence-electron chi connectivity index (χ3n) is 5.51. The Labute approximate surface area is 178 Å². The zero-order valence-corrected chi connectivity index (χ0v) is 17.1. The maximum atomic E-state index is 14.0. The lowest BCUT2D eigenvalue weighted by Crippen LogP contribution is -2.47. The Kier molecular flexibility index (Phi) is 5.83. The molecular weight excluding hydrogens is 404 g/mol. The van der Waals surface area contributed by atoms with Crippen LogP contribution in [0.4, 0.5) is 14.5 Å². The fourth-order valence-corrected chi connectivity index (χ4v) is 3.95. The van der Waals surface area contributed by atoms with E-state index in [1.165, 1.54) is 17.0 Å². The molecule has 9 heteroatoms. The standard InChI is InChI=1S/C22H23F2N5O2/c1-25-22(26-9-11-29-20(30)16-4-2-3-5-17(16)21(29)31)27-15-8-10-28(13-15)19-7-6-14(23)12-18(19)24/h2-7,12,15H,8-11,13H2,1H3,(H2,25,26,27). The Hall–Kier alpha value is -3.49. The highest BCUT2D eigenvalue weighted by Crippen LogP contribution is 2.24.